The molecule has 0 aliphatic heterocycles. The van der Waals surface area contributed by atoms with Crippen molar-refractivity contribution in [3.63, 3.8) is 0 Å². The summed E-state index contributed by atoms with van der Waals surface area (Å²) in [7, 11) is 1.63. The van der Waals surface area contributed by atoms with Crippen molar-refractivity contribution >= 4 is 17.3 Å². The molecule has 2 rings (SSSR count). The van der Waals surface area contributed by atoms with Crippen LogP contribution in [-0.4, -0.2) is 7.11 Å². The summed E-state index contributed by atoms with van der Waals surface area (Å²) in [5, 5.41) is 0.602. The Balaban J connectivity index is 2.08. The molecule has 2 aromatic rings. The van der Waals surface area contributed by atoms with Gasteiger partial charge in [-0.3, -0.25) is 0 Å². The number of hydrogen-bond acceptors (Lipinski definition) is 3. The quantitative estimate of drug-likeness (QED) is 0.859. The summed E-state index contributed by atoms with van der Waals surface area (Å²) in [5.41, 5.74) is 7.38. The van der Waals surface area contributed by atoms with Crippen molar-refractivity contribution in [1.82, 2.24) is 0 Å². The number of benzene rings is 2. The van der Waals surface area contributed by atoms with E-state index < -0.39 is 0 Å². The average Bonchev–Trinajstić information content (AvgIpc) is 2.40. The molecule has 94 valence electrons. The highest BCUT2D eigenvalue weighted by Gasteiger charge is 2.02. The number of ether oxygens (including phenoxy) is 2. The van der Waals surface area contributed by atoms with Crippen molar-refractivity contribution in [2.45, 2.75) is 6.61 Å². The van der Waals surface area contributed by atoms with E-state index in [-0.39, 0.29) is 0 Å². The minimum atomic E-state index is 0.418. The Morgan fingerprint density at radius 3 is 2.78 bits per heavy atom. The van der Waals surface area contributed by atoms with Crippen molar-refractivity contribution in [1.29, 1.82) is 0 Å². The highest BCUT2D eigenvalue weighted by atomic mass is 35.5. The molecule has 0 aromatic heterocycles. The maximum atomic E-state index is 5.89. The van der Waals surface area contributed by atoms with Crippen LogP contribution in [0.1, 0.15) is 5.56 Å². The van der Waals surface area contributed by atoms with Gasteiger partial charge in [-0.05, 0) is 29.8 Å². The molecule has 2 aromatic carbocycles. The summed E-state index contributed by atoms with van der Waals surface area (Å²) in [5.74, 6) is 1.39. The van der Waals surface area contributed by atoms with Crippen LogP contribution >= 0.6 is 11.6 Å². The van der Waals surface area contributed by atoms with Gasteiger partial charge in [-0.25, -0.2) is 0 Å². The van der Waals surface area contributed by atoms with Gasteiger partial charge in [0.15, 0.2) is 0 Å². The lowest BCUT2D eigenvalue weighted by Crippen LogP contribution is -1.99. The third-order valence-corrected chi connectivity index (χ3v) is 2.74. The van der Waals surface area contributed by atoms with Gasteiger partial charge in [-0.15, -0.1) is 0 Å². The van der Waals surface area contributed by atoms with Crippen LogP contribution in [0.4, 0.5) is 5.69 Å². The molecule has 0 aliphatic rings. The zero-order valence-electron chi connectivity index (χ0n) is 10.0. The van der Waals surface area contributed by atoms with Crippen LogP contribution in [0.25, 0.3) is 0 Å². The molecule has 0 heterocycles. The molecule has 0 saturated carbocycles. The highest BCUT2D eigenvalue weighted by molar-refractivity contribution is 6.30. The van der Waals surface area contributed by atoms with Crippen molar-refractivity contribution in [2.24, 2.45) is 0 Å². The third-order valence-electron chi connectivity index (χ3n) is 2.50. The predicted octanol–water partition coefficient (Wildman–Crippen LogP) is 3.51. The number of hydrogen-bond donors (Lipinski definition) is 1. The minimum absolute atomic E-state index is 0.418. The molecule has 4 heteroatoms. The number of rotatable bonds is 4. The van der Waals surface area contributed by atoms with Crippen LogP contribution in [0.5, 0.6) is 11.5 Å². The van der Waals surface area contributed by atoms with E-state index in [1.54, 1.807) is 25.3 Å². The van der Waals surface area contributed by atoms with Gasteiger partial charge >= 0.3 is 0 Å². The fourth-order valence-corrected chi connectivity index (χ4v) is 1.72. The van der Waals surface area contributed by atoms with E-state index in [0.29, 0.717) is 23.1 Å². The fourth-order valence-electron chi connectivity index (χ4n) is 1.56. The van der Waals surface area contributed by atoms with Gasteiger partial charge in [0.2, 0.25) is 0 Å². The lowest BCUT2D eigenvalue weighted by Gasteiger charge is -2.10. The van der Waals surface area contributed by atoms with Gasteiger partial charge in [0.25, 0.3) is 0 Å². The standard InChI is InChI=1S/C14H14ClNO2/c1-17-12-4-2-3-10(7-12)9-18-14-8-11(15)5-6-13(14)16/h2-8H,9,16H2,1H3. The van der Waals surface area contributed by atoms with Gasteiger partial charge in [0, 0.05) is 11.1 Å². The van der Waals surface area contributed by atoms with Crippen LogP contribution in [0.15, 0.2) is 42.5 Å². The second-order valence-electron chi connectivity index (χ2n) is 3.82. The van der Waals surface area contributed by atoms with E-state index in [2.05, 4.69) is 0 Å². The largest absolute Gasteiger partial charge is 0.497 e. The molecule has 3 nitrogen and oxygen atoms in total. The maximum Gasteiger partial charge on any atom is 0.144 e. The molecule has 0 bridgehead atoms. The second kappa shape index (κ2) is 5.65. The van der Waals surface area contributed by atoms with Crippen molar-refractivity contribution in [2.75, 3.05) is 12.8 Å². The predicted molar refractivity (Wildman–Crippen MR) is 73.2 cm³/mol. The maximum absolute atomic E-state index is 5.89. The van der Waals surface area contributed by atoms with Crippen molar-refractivity contribution < 1.29 is 9.47 Å². The molecule has 2 N–H and O–H groups in total. The first-order valence-electron chi connectivity index (χ1n) is 5.50. The lowest BCUT2D eigenvalue weighted by atomic mass is 10.2. The van der Waals surface area contributed by atoms with Crippen LogP contribution in [0.2, 0.25) is 5.02 Å². The summed E-state index contributed by atoms with van der Waals surface area (Å²) in [6, 6.07) is 12.8. The van der Waals surface area contributed by atoms with E-state index >= 15 is 0 Å². The number of methoxy groups -OCH3 is 1. The van der Waals surface area contributed by atoms with Crippen LogP contribution < -0.4 is 15.2 Å². The third kappa shape index (κ3) is 3.08. The van der Waals surface area contributed by atoms with E-state index in [0.717, 1.165) is 11.3 Å². The minimum Gasteiger partial charge on any atom is -0.497 e. The van der Waals surface area contributed by atoms with Gasteiger partial charge in [-0.2, -0.15) is 0 Å². The number of nitrogen functional groups attached to an aromatic ring is 1. The Morgan fingerprint density at radius 2 is 2.00 bits per heavy atom. The van der Waals surface area contributed by atoms with Gasteiger partial charge < -0.3 is 15.2 Å². The first kappa shape index (κ1) is 12.6. The number of halogens is 1. The van der Waals surface area contributed by atoms with E-state index in [1.165, 1.54) is 0 Å². The van der Waals surface area contributed by atoms with Gasteiger partial charge in [0.05, 0.1) is 12.8 Å². The first-order chi connectivity index (χ1) is 8.69. The van der Waals surface area contributed by atoms with E-state index in [9.17, 15) is 0 Å². The van der Waals surface area contributed by atoms with Crippen LogP contribution in [-0.2, 0) is 6.61 Å². The molecule has 0 aliphatic carbocycles. The van der Waals surface area contributed by atoms with Crippen LogP contribution in [0, 0.1) is 0 Å². The fraction of sp³-hybridized carbons (Fsp3) is 0.143. The topological polar surface area (TPSA) is 44.5 Å². The second-order valence-corrected chi connectivity index (χ2v) is 4.26. The molecular formula is C14H14ClNO2. The summed E-state index contributed by atoms with van der Waals surface area (Å²) in [4.78, 5) is 0. The normalized spacial score (nSPS) is 10.1. The Hall–Kier alpha value is -1.87. The highest BCUT2D eigenvalue weighted by Crippen LogP contribution is 2.26. The smallest absolute Gasteiger partial charge is 0.144 e. The summed E-state index contributed by atoms with van der Waals surface area (Å²) in [6.45, 7) is 0.418. The van der Waals surface area contributed by atoms with Crippen LogP contribution in [0.3, 0.4) is 0 Å². The molecule has 0 fully saturated rings. The van der Waals surface area contributed by atoms with E-state index in [4.69, 9.17) is 26.8 Å². The first-order valence-corrected chi connectivity index (χ1v) is 5.87. The molecule has 0 atom stereocenters. The molecule has 0 spiro atoms. The van der Waals surface area contributed by atoms with Gasteiger partial charge in [-0.1, -0.05) is 23.7 Å². The Kier molecular flexibility index (Phi) is 3.95. The van der Waals surface area contributed by atoms with Crippen molar-refractivity contribution in [3.8, 4) is 11.5 Å². The van der Waals surface area contributed by atoms with Gasteiger partial charge in [0.1, 0.15) is 18.1 Å². The molecule has 0 amide bonds. The Bertz CT molecular complexity index is 543. The summed E-state index contributed by atoms with van der Waals surface area (Å²) < 4.78 is 10.8. The zero-order valence-corrected chi connectivity index (χ0v) is 10.8. The monoisotopic (exact) mass is 263 g/mol. The summed E-state index contributed by atoms with van der Waals surface area (Å²) in [6.07, 6.45) is 0. The molecule has 0 unspecified atom stereocenters. The molecule has 18 heavy (non-hydrogen) atoms. The van der Waals surface area contributed by atoms with E-state index in [1.807, 2.05) is 24.3 Å². The number of anilines is 1. The summed E-state index contributed by atoms with van der Waals surface area (Å²) >= 11 is 5.89. The average molecular weight is 264 g/mol. The lowest BCUT2D eigenvalue weighted by molar-refractivity contribution is 0.307. The molecule has 0 radical (unpaired) electrons. The Labute approximate surface area is 111 Å². The zero-order chi connectivity index (χ0) is 13.0. The molecular weight excluding hydrogens is 250 g/mol. The number of nitrogens with two attached hydrogens (primary N) is 1. The van der Waals surface area contributed by atoms with Crippen molar-refractivity contribution in [3.05, 3.63) is 53.1 Å². The Morgan fingerprint density at radius 1 is 1.17 bits per heavy atom. The SMILES string of the molecule is COc1cccc(COc2cc(Cl)ccc2N)c1. The molecule has 0 saturated heterocycles.